The largest absolute Gasteiger partial charge is 1.00 e. The first-order valence-electron chi connectivity index (χ1n) is 8.78. The third-order valence-corrected chi connectivity index (χ3v) is 4.27. The van der Waals surface area contributed by atoms with Crippen molar-refractivity contribution in [2.75, 3.05) is 0 Å². The highest BCUT2D eigenvalue weighted by atomic mass is 79.9. The number of terminal acetylenes is 1. The number of halogens is 1. The minimum atomic E-state index is 0. The van der Waals surface area contributed by atoms with Crippen molar-refractivity contribution in [1.29, 1.82) is 0 Å². The van der Waals surface area contributed by atoms with Gasteiger partial charge in [0.25, 0.3) is 5.82 Å². The van der Waals surface area contributed by atoms with Gasteiger partial charge in [0.05, 0.1) is 6.54 Å². The summed E-state index contributed by atoms with van der Waals surface area (Å²) in [5.41, 5.74) is 0. The van der Waals surface area contributed by atoms with Crippen LogP contribution in [-0.2, 0) is 13.1 Å². The lowest BCUT2D eigenvalue weighted by atomic mass is 10.1. The second-order valence-electron chi connectivity index (χ2n) is 6.05. The number of imidazole rings is 1. The maximum Gasteiger partial charge on any atom is 0.254 e. The Morgan fingerprint density at radius 1 is 1.00 bits per heavy atom. The molecule has 0 atom stereocenters. The van der Waals surface area contributed by atoms with Gasteiger partial charge in [-0.25, -0.2) is 9.13 Å². The Bertz CT molecular complexity index is 418. The van der Waals surface area contributed by atoms with Crippen molar-refractivity contribution in [3.05, 3.63) is 18.2 Å². The van der Waals surface area contributed by atoms with E-state index in [1.807, 2.05) is 0 Å². The van der Waals surface area contributed by atoms with Crippen LogP contribution in [0.3, 0.4) is 0 Å². The Labute approximate surface area is 148 Å². The van der Waals surface area contributed by atoms with Crippen LogP contribution in [0.4, 0.5) is 0 Å². The zero-order chi connectivity index (χ0) is 15.3. The van der Waals surface area contributed by atoms with Gasteiger partial charge in [0, 0.05) is 6.92 Å². The number of hydrogen-bond acceptors (Lipinski definition) is 0. The number of aryl methyl sites for hydroxylation is 1. The molecule has 0 unspecified atom stereocenters. The number of aromatic nitrogens is 2. The molecular formula is C19H33BrN2. The highest BCUT2D eigenvalue weighted by Gasteiger charge is 2.10. The molecule has 0 aromatic carbocycles. The van der Waals surface area contributed by atoms with Gasteiger partial charge in [-0.15, -0.1) is 6.42 Å². The third kappa shape index (κ3) is 8.63. The van der Waals surface area contributed by atoms with Gasteiger partial charge < -0.3 is 17.0 Å². The van der Waals surface area contributed by atoms with E-state index in [9.17, 15) is 0 Å². The van der Waals surface area contributed by atoms with Crippen LogP contribution in [0.15, 0.2) is 12.4 Å². The maximum absolute atomic E-state index is 5.36. The van der Waals surface area contributed by atoms with Crippen LogP contribution in [0.5, 0.6) is 0 Å². The molecule has 0 bridgehead atoms. The molecule has 0 spiro atoms. The molecule has 0 aliphatic carbocycles. The van der Waals surface area contributed by atoms with Crippen molar-refractivity contribution < 1.29 is 21.5 Å². The Kier molecular flexibility index (Phi) is 13.4. The molecule has 22 heavy (non-hydrogen) atoms. The number of unbranched alkanes of at least 4 members (excludes halogenated alkanes) is 9. The van der Waals surface area contributed by atoms with Crippen LogP contribution in [-0.4, -0.2) is 4.57 Å². The van der Waals surface area contributed by atoms with Gasteiger partial charge in [-0.05, 0) is 12.8 Å². The molecule has 0 aliphatic heterocycles. The van der Waals surface area contributed by atoms with Gasteiger partial charge in [-0.3, -0.25) is 0 Å². The lowest BCUT2D eigenvalue weighted by Crippen LogP contribution is -3.00. The topological polar surface area (TPSA) is 8.81 Å². The standard InChI is InChI=1S/C19H33N2.BrH/c1-4-6-7-8-9-10-11-12-13-14-16-21-18-17-20(15-5-2)19(21)3;/h2,17-18H,4,6-16H2,1,3H3;1H/q+1;/p-1. The zero-order valence-corrected chi connectivity index (χ0v) is 16.1. The van der Waals surface area contributed by atoms with Gasteiger partial charge in [-0.2, -0.15) is 0 Å². The monoisotopic (exact) mass is 368 g/mol. The number of rotatable bonds is 12. The van der Waals surface area contributed by atoms with Gasteiger partial charge in [-0.1, -0.05) is 64.2 Å². The van der Waals surface area contributed by atoms with E-state index in [0.29, 0.717) is 6.54 Å². The molecule has 0 aliphatic rings. The van der Waals surface area contributed by atoms with Gasteiger partial charge in [0.2, 0.25) is 0 Å². The van der Waals surface area contributed by atoms with Crippen molar-refractivity contribution in [3.8, 4) is 12.3 Å². The first-order valence-corrected chi connectivity index (χ1v) is 8.78. The minimum absolute atomic E-state index is 0. The highest BCUT2D eigenvalue weighted by molar-refractivity contribution is 4.90. The summed E-state index contributed by atoms with van der Waals surface area (Å²) in [6, 6.07) is 0. The van der Waals surface area contributed by atoms with E-state index in [2.05, 4.69) is 41.3 Å². The molecule has 126 valence electrons. The van der Waals surface area contributed by atoms with Crippen molar-refractivity contribution in [2.24, 2.45) is 0 Å². The quantitative estimate of drug-likeness (QED) is 0.301. The molecule has 3 heteroatoms. The van der Waals surface area contributed by atoms with Crippen LogP contribution < -0.4 is 21.5 Å². The van der Waals surface area contributed by atoms with Gasteiger partial charge in [0.1, 0.15) is 12.4 Å². The van der Waals surface area contributed by atoms with Crippen molar-refractivity contribution in [2.45, 2.75) is 91.1 Å². The van der Waals surface area contributed by atoms with E-state index in [4.69, 9.17) is 6.42 Å². The fraction of sp³-hybridized carbons (Fsp3) is 0.737. The molecule has 1 aromatic heterocycles. The second-order valence-corrected chi connectivity index (χ2v) is 6.05. The Morgan fingerprint density at radius 2 is 1.55 bits per heavy atom. The van der Waals surface area contributed by atoms with Crippen molar-refractivity contribution >= 4 is 0 Å². The average Bonchev–Trinajstić information content (AvgIpc) is 2.83. The molecule has 0 N–H and O–H groups in total. The lowest BCUT2D eigenvalue weighted by molar-refractivity contribution is -0.702. The number of hydrogen-bond donors (Lipinski definition) is 0. The fourth-order valence-corrected chi connectivity index (χ4v) is 2.81. The zero-order valence-electron chi connectivity index (χ0n) is 14.5. The first kappa shape index (κ1) is 21.2. The summed E-state index contributed by atoms with van der Waals surface area (Å²) >= 11 is 0. The Morgan fingerprint density at radius 3 is 2.09 bits per heavy atom. The third-order valence-electron chi connectivity index (χ3n) is 4.27. The summed E-state index contributed by atoms with van der Waals surface area (Å²) in [5, 5.41) is 0. The van der Waals surface area contributed by atoms with E-state index < -0.39 is 0 Å². The Hall–Kier alpha value is -0.750. The molecule has 0 saturated carbocycles. The summed E-state index contributed by atoms with van der Waals surface area (Å²) in [7, 11) is 0. The van der Waals surface area contributed by atoms with E-state index in [1.54, 1.807) is 0 Å². The van der Waals surface area contributed by atoms with Crippen molar-refractivity contribution in [1.82, 2.24) is 4.57 Å². The molecule has 2 nitrogen and oxygen atoms in total. The summed E-state index contributed by atoms with van der Waals surface area (Å²) < 4.78 is 4.46. The molecule has 0 fully saturated rings. The summed E-state index contributed by atoms with van der Waals surface area (Å²) in [6.07, 6.45) is 23.5. The smallest absolute Gasteiger partial charge is 0.254 e. The molecular weight excluding hydrogens is 336 g/mol. The van der Waals surface area contributed by atoms with E-state index >= 15 is 0 Å². The summed E-state index contributed by atoms with van der Waals surface area (Å²) in [6.45, 7) is 6.23. The van der Waals surface area contributed by atoms with Crippen LogP contribution in [0.1, 0.15) is 77.0 Å². The molecule has 0 amide bonds. The van der Waals surface area contributed by atoms with Crippen LogP contribution in [0.2, 0.25) is 0 Å². The Balaban J connectivity index is 0.00000441. The molecule has 0 radical (unpaired) electrons. The SMILES string of the molecule is C#CCn1cc[n+](CCCCCCCCCCCC)c1C.[Br-]. The van der Waals surface area contributed by atoms with Crippen molar-refractivity contribution in [3.63, 3.8) is 0 Å². The lowest BCUT2D eigenvalue weighted by Gasteiger charge is -2.02. The maximum atomic E-state index is 5.36. The summed E-state index contributed by atoms with van der Waals surface area (Å²) in [4.78, 5) is 0. The normalized spacial score (nSPS) is 10.2. The average molecular weight is 369 g/mol. The van der Waals surface area contributed by atoms with Gasteiger partial charge in [0.15, 0.2) is 6.54 Å². The molecule has 1 aromatic rings. The fourth-order valence-electron chi connectivity index (χ4n) is 2.81. The van der Waals surface area contributed by atoms with Gasteiger partial charge >= 0.3 is 0 Å². The highest BCUT2D eigenvalue weighted by Crippen LogP contribution is 2.10. The summed E-state index contributed by atoms with van der Waals surface area (Å²) in [5.74, 6) is 3.96. The first-order chi connectivity index (χ1) is 10.3. The van der Waals surface area contributed by atoms with E-state index in [0.717, 1.165) is 6.54 Å². The minimum Gasteiger partial charge on any atom is -1.00 e. The predicted molar refractivity (Wildman–Crippen MR) is 90.0 cm³/mol. The molecule has 1 rings (SSSR count). The van der Waals surface area contributed by atoms with E-state index in [1.165, 1.54) is 70.0 Å². The number of nitrogens with zero attached hydrogens (tertiary/aromatic N) is 2. The molecule has 0 saturated heterocycles. The predicted octanol–water partition coefficient (Wildman–Crippen LogP) is 1.64. The van der Waals surface area contributed by atoms with Crippen LogP contribution in [0.25, 0.3) is 0 Å². The second kappa shape index (κ2) is 13.9. The van der Waals surface area contributed by atoms with Crippen LogP contribution >= 0.6 is 0 Å². The van der Waals surface area contributed by atoms with E-state index in [-0.39, 0.29) is 17.0 Å². The van der Waals surface area contributed by atoms with Crippen LogP contribution in [0, 0.1) is 19.3 Å². The molecule has 1 heterocycles.